The van der Waals surface area contributed by atoms with Gasteiger partial charge in [-0.25, -0.2) is 9.97 Å². The molecule has 2 aromatic rings. The summed E-state index contributed by atoms with van der Waals surface area (Å²) in [6, 6.07) is 10.3. The normalized spacial score (nSPS) is 9.71. The summed E-state index contributed by atoms with van der Waals surface area (Å²) in [6.07, 6.45) is 1.16. The first kappa shape index (κ1) is 11.0. The smallest absolute Gasteiger partial charge is 0.218 e. The van der Waals surface area contributed by atoms with E-state index >= 15 is 0 Å². The minimum absolute atomic E-state index is 0.438. The molecule has 0 saturated carbocycles. The lowest BCUT2D eigenvalue weighted by Gasteiger charge is -2.17. The maximum Gasteiger partial charge on any atom is 0.218 e. The van der Waals surface area contributed by atoms with Gasteiger partial charge in [0.2, 0.25) is 5.95 Å². The van der Waals surface area contributed by atoms with E-state index in [2.05, 4.69) is 16.0 Å². The van der Waals surface area contributed by atoms with Crippen LogP contribution >= 0.6 is 0 Å². The van der Waals surface area contributed by atoms with E-state index < -0.39 is 5.95 Å². The van der Waals surface area contributed by atoms with Crippen molar-refractivity contribution in [2.24, 2.45) is 0 Å². The Bertz CT molecular complexity index is 577. The second kappa shape index (κ2) is 4.58. The zero-order valence-electron chi connectivity index (χ0n) is 9.13. The second-order valence-corrected chi connectivity index (χ2v) is 3.42. The Kier molecular flexibility index (Phi) is 2.97. The molecule has 5 heteroatoms. The molecule has 0 aliphatic carbocycles. The van der Waals surface area contributed by atoms with E-state index in [9.17, 15) is 4.39 Å². The van der Waals surface area contributed by atoms with Crippen LogP contribution < -0.4 is 4.90 Å². The van der Waals surface area contributed by atoms with E-state index in [1.54, 1.807) is 30.1 Å². The standard InChI is InChI=1S/C12H9FN4/c1-17(12-6-11(13)15-8-16-12)10-4-2-3-9(5-10)7-14/h2-6,8H,1H3. The molecular weight excluding hydrogens is 219 g/mol. The molecule has 0 radical (unpaired) electrons. The van der Waals surface area contributed by atoms with Gasteiger partial charge in [0.1, 0.15) is 12.1 Å². The van der Waals surface area contributed by atoms with E-state index in [-0.39, 0.29) is 0 Å². The number of benzene rings is 1. The summed E-state index contributed by atoms with van der Waals surface area (Å²) >= 11 is 0. The van der Waals surface area contributed by atoms with E-state index in [1.165, 1.54) is 6.07 Å². The molecular formula is C12H9FN4. The van der Waals surface area contributed by atoms with Crippen LogP contribution in [0.4, 0.5) is 15.9 Å². The molecule has 1 aromatic carbocycles. The van der Waals surface area contributed by atoms with Crippen LogP contribution in [0, 0.1) is 17.3 Å². The van der Waals surface area contributed by atoms with Crippen LogP contribution in [0.15, 0.2) is 36.7 Å². The summed E-state index contributed by atoms with van der Waals surface area (Å²) in [6.45, 7) is 0. The molecule has 1 heterocycles. The van der Waals surface area contributed by atoms with Crippen LogP contribution in [0.5, 0.6) is 0 Å². The van der Waals surface area contributed by atoms with Crippen molar-refractivity contribution in [1.82, 2.24) is 9.97 Å². The molecule has 4 nitrogen and oxygen atoms in total. The third-order valence-corrected chi connectivity index (χ3v) is 2.33. The molecule has 0 aliphatic rings. The monoisotopic (exact) mass is 228 g/mol. The highest BCUT2D eigenvalue weighted by Crippen LogP contribution is 2.21. The number of halogens is 1. The molecule has 0 fully saturated rings. The molecule has 17 heavy (non-hydrogen) atoms. The molecule has 0 atom stereocenters. The molecule has 0 amide bonds. The van der Waals surface area contributed by atoms with E-state index in [0.29, 0.717) is 11.4 Å². The van der Waals surface area contributed by atoms with Gasteiger partial charge in [-0.2, -0.15) is 9.65 Å². The van der Waals surface area contributed by atoms with Crippen molar-refractivity contribution in [3.8, 4) is 6.07 Å². The number of hydrogen-bond acceptors (Lipinski definition) is 4. The van der Waals surface area contributed by atoms with Crippen molar-refractivity contribution in [3.05, 3.63) is 48.2 Å². The van der Waals surface area contributed by atoms with Crippen molar-refractivity contribution in [2.45, 2.75) is 0 Å². The third-order valence-electron chi connectivity index (χ3n) is 2.33. The van der Waals surface area contributed by atoms with E-state index in [0.717, 1.165) is 12.0 Å². The summed E-state index contributed by atoms with van der Waals surface area (Å²) in [7, 11) is 1.75. The lowest BCUT2D eigenvalue weighted by atomic mass is 10.2. The number of rotatable bonds is 2. The Morgan fingerprint density at radius 2 is 2.12 bits per heavy atom. The minimum atomic E-state index is -0.585. The van der Waals surface area contributed by atoms with Gasteiger partial charge in [-0.15, -0.1) is 0 Å². The molecule has 2 rings (SSSR count). The van der Waals surface area contributed by atoms with Crippen molar-refractivity contribution in [1.29, 1.82) is 5.26 Å². The minimum Gasteiger partial charge on any atom is -0.329 e. The Hall–Kier alpha value is -2.48. The Morgan fingerprint density at radius 3 is 2.82 bits per heavy atom. The van der Waals surface area contributed by atoms with Crippen molar-refractivity contribution < 1.29 is 4.39 Å². The zero-order chi connectivity index (χ0) is 12.3. The summed E-state index contributed by atoms with van der Waals surface area (Å²) in [5.74, 6) is -0.147. The summed E-state index contributed by atoms with van der Waals surface area (Å²) in [5, 5.41) is 8.80. The van der Waals surface area contributed by atoms with E-state index in [1.807, 2.05) is 6.07 Å². The van der Waals surface area contributed by atoms with Gasteiger partial charge in [-0.1, -0.05) is 6.07 Å². The molecule has 0 N–H and O–H groups in total. The number of nitrogens with zero attached hydrogens (tertiary/aromatic N) is 4. The maximum atomic E-state index is 13.0. The van der Waals surface area contributed by atoms with Gasteiger partial charge in [0.05, 0.1) is 11.6 Å². The second-order valence-electron chi connectivity index (χ2n) is 3.42. The van der Waals surface area contributed by atoms with Gasteiger partial charge >= 0.3 is 0 Å². The van der Waals surface area contributed by atoms with Gasteiger partial charge in [0.25, 0.3) is 0 Å². The van der Waals surface area contributed by atoms with Crippen LogP contribution in [0.1, 0.15) is 5.56 Å². The molecule has 84 valence electrons. The maximum absolute atomic E-state index is 13.0. The topological polar surface area (TPSA) is 52.8 Å². The predicted molar refractivity (Wildman–Crippen MR) is 61.2 cm³/mol. The highest BCUT2D eigenvalue weighted by atomic mass is 19.1. The first-order chi connectivity index (χ1) is 8.20. The highest BCUT2D eigenvalue weighted by molar-refractivity contribution is 5.60. The SMILES string of the molecule is CN(c1cccc(C#N)c1)c1cc(F)ncn1. The fourth-order valence-corrected chi connectivity index (χ4v) is 1.42. The fraction of sp³-hybridized carbons (Fsp3) is 0.0833. The van der Waals surface area contributed by atoms with Gasteiger partial charge < -0.3 is 4.90 Å². The molecule has 0 saturated heterocycles. The average Bonchev–Trinajstić information content (AvgIpc) is 2.38. The molecule has 0 aliphatic heterocycles. The molecule has 0 unspecified atom stereocenters. The van der Waals surface area contributed by atoms with Gasteiger partial charge in [-0.05, 0) is 18.2 Å². The Labute approximate surface area is 98.0 Å². The number of aromatic nitrogens is 2. The predicted octanol–water partition coefficient (Wildman–Crippen LogP) is 2.26. The largest absolute Gasteiger partial charge is 0.329 e. The first-order valence-corrected chi connectivity index (χ1v) is 4.92. The van der Waals surface area contributed by atoms with Gasteiger partial charge in [0, 0.05) is 18.8 Å². The van der Waals surface area contributed by atoms with Crippen molar-refractivity contribution in [3.63, 3.8) is 0 Å². The quantitative estimate of drug-likeness (QED) is 0.740. The summed E-state index contributed by atoms with van der Waals surface area (Å²) < 4.78 is 13.0. The van der Waals surface area contributed by atoms with Crippen LogP contribution in [0.25, 0.3) is 0 Å². The third kappa shape index (κ3) is 2.37. The fourth-order valence-electron chi connectivity index (χ4n) is 1.42. The average molecular weight is 228 g/mol. The lowest BCUT2D eigenvalue weighted by Crippen LogP contribution is -2.11. The Balaban J connectivity index is 2.37. The molecule has 1 aromatic heterocycles. The summed E-state index contributed by atoms with van der Waals surface area (Å²) in [4.78, 5) is 9.04. The van der Waals surface area contributed by atoms with Gasteiger partial charge in [0.15, 0.2) is 0 Å². The van der Waals surface area contributed by atoms with E-state index in [4.69, 9.17) is 5.26 Å². The molecule has 0 bridgehead atoms. The van der Waals surface area contributed by atoms with Crippen LogP contribution in [-0.2, 0) is 0 Å². The first-order valence-electron chi connectivity index (χ1n) is 4.92. The van der Waals surface area contributed by atoms with Gasteiger partial charge in [-0.3, -0.25) is 0 Å². The summed E-state index contributed by atoms with van der Waals surface area (Å²) in [5.41, 5.74) is 1.31. The molecule has 0 spiro atoms. The van der Waals surface area contributed by atoms with Crippen molar-refractivity contribution >= 4 is 11.5 Å². The number of nitriles is 1. The number of anilines is 2. The zero-order valence-corrected chi connectivity index (χ0v) is 9.13. The lowest BCUT2D eigenvalue weighted by molar-refractivity contribution is 0.579. The van der Waals surface area contributed by atoms with Crippen molar-refractivity contribution in [2.75, 3.05) is 11.9 Å². The number of hydrogen-bond donors (Lipinski definition) is 0. The highest BCUT2D eigenvalue weighted by Gasteiger charge is 2.07. The Morgan fingerprint density at radius 1 is 1.29 bits per heavy atom. The van der Waals surface area contributed by atoms with Crippen LogP contribution in [0.2, 0.25) is 0 Å². The van der Waals surface area contributed by atoms with Crippen LogP contribution in [0.3, 0.4) is 0 Å². The van der Waals surface area contributed by atoms with Crippen LogP contribution in [-0.4, -0.2) is 17.0 Å².